The Balaban J connectivity index is 1.92. The number of rotatable bonds is 4. The molecule has 0 saturated carbocycles. The summed E-state index contributed by atoms with van der Waals surface area (Å²) >= 11 is 3.31. The van der Waals surface area contributed by atoms with Gasteiger partial charge in [-0.3, -0.25) is 4.79 Å². The lowest BCUT2D eigenvalue weighted by Gasteiger charge is -2.09. The molecule has 4 nitrogen and oxygen atoms in total. The Kier molecular flexibility index (Phi) is 4.57. The highest BCUT2D eigenvalue weighted by Crippen LogP contribution is 2.21. The lowest BCUT2D eigenvalue weighted by molar-refractivity contribution is -0.118. The van der Waals surface area contributed by atoms with Gasteiger partial charge < -0.3 is 15.8 Å². The number of anilines is 2. The Bertz CT molecular complexity index is 634. The molecule has 0 aromatic heterocycles. The molecule has 0 saturated heterocycles. The zero-order chi connectivity index (χ0) is 14.5. The van der Waals surface area contributed by atoms with Crippen LogP contribution in [0.1, 0.15) is 0 Å². The first kappa shape index (κ1) is 14.3. The Morgan fingerprint density at radius 1 is 1.30 bits per heavy atom. The van der Waals surface area contributed by atoms with E-state index in [0.717, 1.165) is 10.5 Å². The van der Waals surface area contributed by atoms with Gasteiger partial charge in [-0.05, 0) is 30.3 Å². The first-order valence-corrected chi connectivity index (χ1v) is 6.57. The lowest BCUT2D eigenvalue weighted by atomic mass is 10.3. The van der Waals surface area contributed by atoms with Crippen LogP contribution in [0.2, 0.25) is 0 Å². The van der Waals surface area contributed by atoms with E-state index in [0.29, 0.717) is 5.69 Å². The van der Waals surface area contributed by atoms with Crippen LogP contribution in [0.15, 0.2) is 46.9 Å². The maximum absolute atomic E-state index is 12.9. The first-order chi connectivity index (χ1) is 9.54. The average molecular weight is 339 g/mol. The molecule has 0 fully saturated rings. The standard InChI is InChI=1S/C14H12BrFN2O2/c15-9-2-1-3-11(6-9)18-14(19)8-20-13-5-4-10(16)7-12(13)17/h1-7H,8,17H2,(H,18,19). The molecule has 3 N–H and O–H groups in total. The van der Waals surface area contributed by atoms with E-state index in [1.54, 1.807) is 18.2 Å². The molecule has 0 atom stereocenters. The van der Waals surface area contributed by atoms with Crippen molar-refractivity contribution in [1.29, 1.82) is 0 Å². The fraction of sp³-hybridized carbons (Fsp3) is 0.0714. The number of hydrogen-bond donors (Lipinski definition) is 2. The molecule has 20 heavy (non-hydrogen) atoms. The highest BCUT2D eigenvalue weighted by Gasteiger charge is 2.07. The van der Waals surface area contributed by atoms with E-state index in [2.05, 4.69) is 21.2 Å². The van der Waals surface area contributed by atoms with Crippen molar-refractivity contribution in [3.8, 4) is 5.75 Å². The third kappa shape index (κ3) is 3.96. The lowest BCUT2D eigenvalue weighted by Crippen LogP contribution is -2.20. The minimum atomic E-state index is -0.451. The minimum Gasteiger partial charge on any atom is -0.482 e. The Hall–Kier alpha value is -2.08. The number of carbonyl (C=O) groups is 1. The molecule has 0 radical (unpaired) electrons. The van der Waals surface area contributed by atoms with Crippen molar-refractivity contribution >= 4 is 33.2 Å². The third-order valence-electron chi connectivity index (χ3n) is 2.44. The van der Waals surface area contributed by atoms with Crippen LogP contribution < -0.4 is 15.8 Å². The van der Waals surface area contributed by atoms with E-state index in [4.69, 9.17) is 10.5 Å². The molecule has 2 aromatic carbocycles. The third-order valence-corrected chi connectivity index (χ3v) is 2.93. The quantitative estimate of drug-likeness (QED) is 0.841. The number of halogens is 2. The molecule has 2 aromatic rings. The van der Waals surface area contributed by atoms with Gasteiger partial charge in [0.15, 0.2) is 6.61 Å². The van der Waals surface area contributed by atoms with Crippen LogP contribution in [0, 0.1) is 5.82 Å². The van der Waals surface area contributed by atoms with Gasteiger partial charge in [-0.2, -0.15) is 0 Å². The Labute approximate surface area is 123 Å². The van der Waals surface area contributed by atoms with Gasteiger partial charge in [-0.25, -0.2) is 4.39 Å². The maximum Gasteiger partial charge on any atom is 0.262 e. The van der Waals surface area contributed by atoms with Crippen LogP contribution >= 0.6 is 15.9 Å². The second-order valence-corrected chi connectivity index (χ2v) is 4.95. The van der Waals surface area contributed by atoms with Gasteiger partial charge in [0.2, 0.25) is 0 Å². The molecule has 0 spiro atoms. The smallest absolute Gasteiger partial charge is 0.262 e. The molecule has 0 heterocycles. The predicted octanol–water partition coefficient (Wildman–Crippen LogP) is 3.19. The molecular formula is C14H12BrFN2O2. The summed E-state index contributed by atoms with van der Waals surface area (Å²) in [6.45, 7) is -0.206. The molecule has 0 bridgehead atoms. The molecule has 2 rings (SSSR count). The normalized spacial score (nSPS) is 10.1. The summed E-state index contributed by atoms with van der Waals surface area (Å²) in [4.78, 5) is 11.7. The molecule has 0 aliphatic heterocycles. The van der Waals surface area contributed by atoms with E-state index < -0.39 is 5.82 Å². The highest BCUT2D eigenvalue weighted by molar-refractivity contribution is 9.10. The van der Waals surface area contributed by atoms with Gasteiger partial charge in [0, 0.05) is 16.2 Å². The second kappa shape index (κ2) is 6.38. The second-order valence-electron chi connectivity index (χ2n) is 4.03. The minimum absolute atomic E-state index is 0.153. The molecule has 0 aliphatic carbocycles. The van der Waals surface area contributed by atoms with Crippen molar-refractivity contribution in [2.45, 2.75) is 0 Å². The molecule has 104 valence electrons. The fourth-order valence-electron chi connectivity index (χ4n) is 1.56. The number of nitrogens with two attached hydrogens (primary N) is 1. The SMILES string of the molecule is Nc1cc(F)ccc1OCC(=O)Nc1cccc(Br)c1. The summed E-state index contributed by atoms with van der Waals surface area (Å²) in [5.41, 5.74) is 6.38. The van der Waals surface area contributed by atoms with E-state index in [1.165, 1.54) is 12.1 Å². The van der Waals surface area contributed by atoms with E-state index in [1.807, 2.05) is 6.07 Å². The number of nitrogen functional groups attached to an aromatic ring is 1. The predicted molar refractivity (Wildman–Crippen MR) is 79.1 cm³/mol. The number of hydrogen-bond acceptors (Lipinski definition) is 3. The number of carbonyl (C=O) groups excluding carboxylic acids is 1. The van der Waals surface area contributed by atoms with Crippen LogP contribution in [0.5, 0.6) is 5.75 Å². The summed E-state index contributed by atoms with van der Waals surface area (Å²) < 4.78 is 19.0. The van der Waals surface area contributed by atoms with Crippen LogP contribution in [0.3, 0.4) is 0 Å². The molecule has 0 aliphatic rings. The van der Waals surface area contributed by atoms with Crippen molar-refractivity contribution in [3.63, 3.8) is 0 Å². The van der Waals surface area contributed by atoms with Gasteiger partial charge >= 0.3 is 0 Å². The summed E-state index contributed by atoms with van der Waals surface area (Å²) in [6.07, 6.45) is 0. The van der Waals surface area contributed by atoms with Crippen molar-refractivity contribution in [1.82, 2.24) is 0 Å². The maximum atomic E-state index is 12.9. The van der Waals surface area contributed by atoms with Crippen LogP contribution in [0.4, 0.5) is 15.8 Å². The van der Waals surface area contributed by atoms with Crippen molar-refractivity contribution in [3.05, 3.63) is 52.8 Å². The van der Waals surface area contributed by atoms with Crippen LogP contribution in [-0.2, 0) is 4.79 Å². The van der Waals surface area contributed by atoms with Gasteiger partial charge in [0.1, 0.15) is 11.6 Å². The number of benzene rings is 2. The zero-order valence-corrected chi connectivity index (χ0v) is 12.0. The first-order valence-electron chi connectivity index (χ1n) is 5.78. The number of nitrogens with one attached hydrogen (secondary N) is 1. The van der Waals surface area contributed by atoms with E-state index in [9.17, 15) is 9.18 Å². The fourth-order valence-corrected chi connectivity index (χ4v) is 1.96. The number of amides is 1. The molecule has 0 unspecified atom stereocenters. The molecule has 1 amide bonds. The van der Waals surface area contributed by atoms with Gasteiger partial charge in [-0.15, -0.1) is 0 Å². The van der Waals surface area contributed by atoms with Gasteiger partial charge in [0.25, 0.3) is 5.91 Å². The van der Waals surface area contributed by atoms with Gasteiger partial charge in [0.05, 0.1) is 5.69 Å². The topological polar surface area (TPSA) is 64.3 Å². The van der Waals surface area contributed by atoms with E-state index in [-0.39, 0.29) is 24.0 Å². The van der Waals surface area contributed by atoms with Crippen LogP contribution in [-0.4, -0.2) is 12.5 Å². The summed E-state index contributed by atoms with van der Waals surface area (Å²) in [5.74, 6) is -0.504. The average Bonchev–Trinajstić information content (AvgIpc) is 2.37. The summed E-state index contributed by atoms with van der Waals surface area (Å²) in [5, 5.41) is 2.68. The largest absolute Gasteiger partial charge is 0.482 e. The van der Waals surface area contributed by atoms with Gasteiger partial charge in [-0.1, -0.05) is 22.0 Å². The monoisotopic (exact) mass is 338 g/mol. The summed E-state index contributed by atoms with van der Waals surface area (Å²) in [6, 6.07) is 10.9. The van der Waals surface area contributed by atoms with Crippen LogP contribution in [0.25, 0.3) is 0 Å². The zero-order valence-electron chi connectivity index (χ0n) is 10.4. The number of ether oxygens (including phenoxy) is 1. The van der Waals surface area contributed by atoms with Crippen molar-refractivity contribution < 1.29 is 13.9 Å². The molecule has 6 heteroatoms. The molecular weight excluding hydrogens is 327 g/mol. The Morgan fingerprint density at radius 3 is 2.80 bits per heavy atom. The van der Waals surface area contributed by atoms with E-state index >= 15 is 0 Å². The van der Waals surface area contributed by atoms with Crippen molar-refractivity contribution in [2.75, 3.05) is 17.7 Å². The van der Waals surface area contributed by atoms with Crippen molar-refractivity contribution in [2.24, 2.45) is 0 Å². The summed E-state index contributed by atoms with van der Waals surface area (Å²) in [7, 11) is 0. The Morgan fingerprint density at radius 2 is 2.10 bits per heavy atom. The highest BCUT2D eigenvalue weighted by atomic mass is 79.9.